The highest BCUT2D eigenvalue weighted by molar-refractivity contribution is 6.35. The fourth-order valence-corrected chi connectivity index (χ4v) is 5.49. The van der Waals surface area contributed by atoms with Crippen molar-refractivity contribution in [2.75, 3.05) is 10.2 Å². The Bertz CT molecular complexity index is 1270. The van der Waals surface area contributed by atoms with E-state index in [-0.39, 0.29) is 29.9 Å². The van der Waals surface area contributed by atoms with E-state index in [0.29, 0.717) is 27.2 Å². The summed E-state index contributed by atoms with van der Waals surface area (Å²) in [6, 6.07) is 10.6. The van der Waals surface area contributed by atoms with Gasteiger partial charge in [-0.1, -0.05) is 28.4 Å². The second-order valence-corrected chi connectivity index (χ2v) is 10.7. The summed E-state index contributed by atoms with van der Waals surface area (Å²) in [7, 11) is 0. The molecule has 11 heteroatoms. The first-order valence-electron chi connectivity index (χ1n) is 12.1. The number of carbonyl (C=O) groups excluding carboxylic acids is 2. The van der Waals surface area contributed by atoms with Crippen molar-refractivity contribution in [2.45, 2.75) is 63.3 Å². The number of nitrogens with zero attached hydrogens (tertiary/aromatic N) is 3. The lowest BCUT2D eigenvalue weighted by molar-refractivity contribution is -0.135. The highest BCUT2D eigenvalue weighted by Crippen LogP contribution is 2.39. The van der Waals surface area contributed by atoms with E-state index in [1.54, 1.807) is 50.4 Å². The Labute approximate surface area is 224 Å². The van der Waals surface area contributed by atoms with Crippen molar-refractivity contribution in [3.05, 3.63) is 64.5 Å². The van der Waals surface area contributed by atoms with Gasteiger partial charge in [-0.3, -0.25) is 9.59 Å². The van der Waals surface area contributed by atoms with Crippen LogP contribution in [0.1, 0.15) is 49.9 Å². The lowest BCUT2D eigenvalue weighted by Gasteiger charge is -2.40. The lowest BCUT2D eigenvalue weighted by atomic mass is 9.96. The molecule has 2 aliphatic rings. The molecule has 3 aromatic rings. The fraction of sp³-hybridized carbons (Fsp3) is 0.385. The number of ether oxygens (including phenoxy) is 1. The maximum absolute atomic E-state index is 13.1. The van der Waals surface area contributed by atoms with Gasteiger partial charge < -0.3 is 24.8 Å². The quantitative estimate of drug-likeness (QED) is 0.426. The van der Waals surface area contributed by atoms with Crippen LogP contribution in [0.4, 0.5) is 11.6 Å². The molecule has 2 bridgehead atoms. The molecule has 2 saturated heterocycles. The summed E-state index contributed by atoms with van der Waals surface area (Å²) in [6.45, 7) is 3.45. The van der Waals surface area contributed by atoms with Gasteiger partial charge in [-0.25, -0.2) is 4.98 Å². The van der Waals surface area contributed by atoms with Crippen LogP contribution in [0, 0.1) is 0 Å². The molecular formula is C26H27Cl2N5O4. The highest BCUT2D eigenvalue weighted by Gasteiger charge is 2.43. The number of pyridine rings is 1. The average molecular weight is 544 g/mol. The summed E-state index contributed by atoms with van der Waals surface area (Å²) >= 11 is 12.2. The summed E-state index contributed by atoms with van der Waals surface area (Å²) in [5.41, 5.74) is -0.679. The summed E-state index contributed by atoms with van der Waals surface area (Å²) in [5.74, 6) is 1.08. The lowest BCUT2D eigenvalue weighted by Crippen LogP contribution is -2.55. The van der Waals surface area contributed by atoms with Gasteiger partial charge in [0.2, 0.25) is 0 Å². The number of carbonyl (C=O) groups is 2. The first kappa shape index (κ1) is 25.4. The van der Waals surface area contributed by atoms with Crippen LogP contribution in [0.5, 0.6) is 5.75 Å². The van der Waals surface area contributed by atoms with Gasteiger partial charge in [0.05, 0.1) is 10.6 Å². The maximum atomic E-state index is 13.1. The van der Waals surface area contributed by atoms with Crippen LogP contribution in [0.3, 0.4) is 0 Å². The first-order valence-corrected chi connectivity index (χ1v) is 12.9. The van der Waals surface area contributed by atoms with Crippen LogP contribution in [-0.4, -0.2) is 45.7 Å². The largest absolute Gasteiger partial charge is 0.476 e. The van der Waals surface area contributed by atoms with Crippen molar-refractivity contribution < 1.29 is 18.8 Å². The smallest absolute Gasteiger partial charge is 0.263 e. The Balaban J connectivity index is 1.20. The normalized spacial score (nSPS) is 21.0. The fourth-order valence-electron chi connectivity index (χ4n) is 5.05. The number of hydrogen-bond acceptors (Lipinski definition) is 7. The number of benzene rings is 1. The van der Waals surface area contributed by atoms with E-state index < -0.39 is 5.60 Å². The Hall–Kier alpha value is -3.30. The summed E-state index contributed by atoms with van der Waals surface area (Å²) in [6.07, 6.45) is 6.61. The van der Waals surface area contributed by atoms with Crippen LogP contribution in [0.2, 0.25) is 10.0 Å². The third-order valence-electron chi connectivity index (χ3n) is 6.83. The number of halogens is 2. The second kappa shape index (κ2) is 10.2. The zero-order valence-electron chi connectivity index (χ0n) is 20.4. The van der Waals surface area contributed by atoms with Crippen LogP contribution in [0.15, 0.2) is 53.4 Å². The number of piperidine rings is 1. The summed E-state index contributed by atoms with van der Waals surface area (Å²) < 4.78 is 10.7. The van der Waals surface area contributed by atoms with Crippen LogP contribution in [-0.2, 0) is 4.79 Å². The molecule has 9 nitrogen and oxygen atoms in total. The van der Waals surface area contributed by atoms with Gasteiger partial charge in [0, 0.05) is 35.4 Å². The van der Waals surface area contributed by atoms with Gasteiger partial charge in [0.25, 0.3) is 11.8 Å². The molecule has 2 aliphatic heterocycles. The minimum atomic E-state index is -1.11. The molecule has 4 heterocycles. The van der Waals surface area contributed by atoms with E-state index in [9.17, 15) is 9.59 Å². The number of nitrogens with one attached hydrogen (secondary N) is 2. The molecule has 1 aromatic carbocycles. The third-order valence-corrected chi connectivity index (χ3v) is 7.36. The molecule has 2 unspecified atom stereocenters. The summed E-state index contributed by atoms with van der Waals surface area (Å²) in [5, 5.41) is 10.4. The molecule has 2 N–H and O–H groups in total. The number of rotatable bonds is 7. The van der Waals surface area contributed by atoms with Gasteiger partial charge in [-0.2, -0.15) is 0 Å². The third kappa shape index (κ3) is 5.52. The van der Waals surface area contributed by atoms with Crippen LogP contribution in [0.25, 0.3) is 0 Å². The molecule has 37 heavy (non-hydrogen) atoms. The summed E-state index contributed by atoms with van der Waals surface area (Å²) in [4.78, 5) is 32.4. The predicted octanol–water partition coefficient (Wildman–Crippen LogP) is 5.10. The van der Waals surface area contributed by atoms with Gasteiger partial charge in [0.1, 0.15) is 17.8 Å². The Morgan fingerprint density at radius 2 is 1.86 bits per heavy atom. The molecule has 2 aromatic heterocycles. The Morgan fingerprint density at radius 3 is 2.49 bits per heavy atom. The maximum Gasteiger partial charge on any atom is 0.263 e. The second-order valence-electron chi connectivity index (χ2n) is 9.87. The minimum Gasteiger partial charge on any atom is -0.476 e. The van der Waals surface area contributed by atoms with Gasteiger partial charge in [0.15, 0.2) is 11.4 Å². The molecule has 0 aliphatic carbocycles. The van der Waals surface area contributed by atoms with E-state index in [4.69, 9.17) is 32.5 Å². The van der Waals surface area contributed by atoms with Crippen molar-refractivity contribution in [3.63, 3.8) is 0 Å². The molecule has 5 rings (SSSR count). The molecular weight excluding hydrogens is 517 g/mol. The molecule has 2 fully saturated rings. The SMILES string of the molecule is CC(C)(Oc1ccc(Cl)cc1Cl)C(=O)NC1CC2CCC(C1)N2c1ccc(C(=O)Nc2ccon2)cn1. The predicted molar refractivity (Wildman–Crippen MR) is 140 cm³/mol. The number of fused-ring (bicyclic) bond motifs is 2. The number of anilines is 2. The number of amides is 2. The topological polar surface area (TPSA) is 110 Å². The van der Waals surface area contributed by atoms with Gasteiger partial charge in [-0.05, 0) is 69.9 Å². The molecule has 0 spiro atoms. The Morgan fingerprint density at radius 1 is 1.11 bits per heavy atom. The average Bonchev–Trinajstić information content (AvgIpc) is 3.46. The zero-order valence-corrected chi connectivity index (χ0v) is 21.9. The van der Waals surface area contributed by atoms with E-state index in [2.05, 4.69) is 25.7 Å². The highest BCUT2D eigenvalue weighted by atomic mass is 35.5. The molecule has 0 radical (unpaired) electrons. The standard InChI is InChI=1S/C26H27Cl2N5O4/c1-26(2,37-21-7-4-16(27)11-20(21)28)25(35)30-17-12-18-5-6-19(13-17)33(18)23-8-3-15(14-29-23)24(34)31-22-9-10-36-32-22/h3-4,7-11,14,17-19H,5-6,12-13H2,1-2H3,(H,30,35)(H,31,32,34). The van der Waals surface area contributed by atoms with Gasteiger partial charge >= 0.3 is 0 Å². The monoisotopic (exact) mass is 543 g/mol. The van der Waals surface area contributed by atoms with E-state index in [1.807, 2.05) is 6.07 Å². The molecule has 2 amide bonds. The van der Waals surface area contributed by atoms with Crippen molar-refractivity contribution in [3.8, 4) is 5.75 Å². The number of aromatic nitrogens is 2. The zero-order chi connectivity index (χ0) is 26.2. The Kier molecular flexibility index (Phi) is 7.00. The first-order chi connectivity index (χ1) is 17.7. The van der Waals surface area contributed by atoms with E-state index >= 15 is 0 Å². The van der Waals surface area contributed by atoms with E-state index in [0.717, 1.165) is 31.5 Å². The van der Waals surface area contributed by atoms with Gasteiger partial charge in [-0.15, -0.1) is 0 Å². The molecule has 2 atom stereocenters. The number of hydrogen-bond donors (Lipinski definition) is 2. The van der Waals surface area contributed by atoms with Crippen LogP contribution >= 0.6 is 23.2 Å². The molecule has 194 valence electrons. The minimum absolute atomic E-state index is 0.0253. The molecule has 0 saturated carbocycles. The van der Waals surface area contributed by atoms with E-state index in [1.165, 1.54) is 6.26 Å². The van der Waals surface area contributed by atoms with Crippen molar-refractivity contribution >= 4 is 46.7 Å². The van der Waals surface area contributed by atoms with Crippen LogP contribution < -0.4 is 20.3 Å². The van der Waals surface area contributed by atoms with Crippen molar-refractivity contribution in [2.24, 2.45) is 0 Å². The van der Waals surface area contributed by atoms with Crippen molar-refractivity contribution in [1.82, 2.24) is 15.5 Å². The van der Waals surface area contributed by atoms with Crippen molar-refractivity contribution in [1.29, 1.82) is 0 Å².